The van der Waals surface area contributed by atoms with Gasteiger partial charge in [-0.25, -0.2) is 8.78 Å². The molecular weight excluding hydrogens is 326 g/mol. The molecule has 0 fully saturated rings. The molecule has 0 atom stereocenters. The molecule has 0 aliphatic rings. The van der Waals surface area contributed by atoms with Gasteiger partial charge in [0, 0.05) is 23.3 Å². The summed E-state index contributed by atoms with van der Waals surface area (Å²) in [6.45, 7) is 0.0731. The Hall–Kier alpha value is -3.33. The van der Waals surface area contributed by atoms with Crippen molar-refractivity contribution < 1.29 is 18.3 Å². The SMILES string of the molecule is O=C(NCC#CCOc1ccc(F)cc1F)c1ccc2cc[nH]c2c1. The molecule has 0 spiro atoms. The first-order chi connectivity index (χ1) is 12.1. The lowest BCUT2D eigenvalue weighted by molar-refractivity contribution is 0.0959. The van der Waals surface area contributed by atoms with Gasteiger partial charge in [-0.3, -0.25) is 4.79 Å². The standard InChI is InChI=1S/C19H14F2N2O2/c20-15-5-6-18(16(21)12-15)25-10-2-1-8-23-19(24)14-4-3-13-7-9-22-17(13)11-14/h3-7,9,11-12,22H,8,10H2,(H,23,24). The van der Waals surface area contributed by atoms with Gasteiger partial charge in [0.15, 0.2) is 11.6 Å². The zero-order valence-corrected chi connectivity index (χ0v) is 13.1. The van der Waals surface area contributed by atoms with Gasteiger partial charge in [-0.15, -0.1) is 0 Å². The number of carbonyl (C=O) groups is 1. The van der Waals surface area contributed by atoms with Crippen LogP contribution in [-0.2, 0) is 0 Å². The van der Waals surface area contributed by atoms with Crippen LogP contribution in [0.1, 0.15) is 10.4 Å². The predicted molar refractivity (Wildman–Crippen MR) is 90.3 cm³/mol. The number of H-pyrrole nitrogens is 1. The molecule has 6 heteroatoms. The normalized spacial score (nSPS) is 10.2. The van der Waals surface area contributed by atoms with Crippen molar-refractivity contribution in [1.82, 2.24) is 10.3 Å². The summed E-state index contributed by atoms with van der Waals surface area (Å²) in [5.41, 5.74) is 1.41. The van der Waals surface area contributed by atoms with E-state index < -0.39 is 11.6 Å². The molecule has 0 aliphatic carbocycles. The topological polar surface area (TPSA) is 54.1 Å². The number of carbonyl (C=O) groups excluding carboxylic acids is 1. The Morgan fingerprint density at radius 3 is 2.84 bits per heavy atom. The minimum atomic E-state index is -0.783. The van der Waals surface area contributed by atoms with Crippen molar-refractivity contribution in [2.24, 2.45) is 0 Å². The van der Waals surface area contributed by atoms with Gasteiger partial charge in [0.05, 0.1) is 6.54 Å². The quantitative estimate of drug-likeness (QED) is 0.716. The summed E-state index contributed by atoms with van der Waals surface area (Å²) in [7, 11) is 0. The van der Waals surface area contributed by atoms with E-state index in [2.05, 4.69) is 22.1 Å². The summed E-state index contributed by atoms with van der Waals surface area (Å²) in [6, 6.07) is 10.3. The van der Waals surface area contributed by atoms with Crippen LogP contribution in [0.25, 0.3) is 10.9 Å². The van der Waals surface area contributed by atoms with E-state index in [1.807, 2.05) is 18.3 Å². The lowest BCUT2D eigenvalue weighted by Gasteiger charge is -2.03. The molecule has 1 heterocycles. The Morgan fingerprint density at radius 1 is 1.12 bits per heavy atom. The van der Waals surface area contributed by atoms with Gasteiger partial charge < -0.3 is 15.0 Å². The number of halogens is 2. The Balaban J connectivity index is 1.48. The van der Waals surface area contributed by atoms with Crippen LogP contribution in [0.2, 0.25) is 0 Å². The predicted octanol–water partition coefficient (Wildman–Crippen LogP) is 3.26. The summed E-state index contributed by atoms with van der Waals surface area (Å²) >= 11 is 0. The fourth-order valence-corrected chi connectivity index (χ4v) is 2.24. The summed E-state index contributed by atoms with van der Waals surface area (Å²) in [6.07, 6.45) is 1.81. The van der Waals surface area contributed by atoms with E-state index in [1.165, 1.54) is 6.07 Å². The number of hydrogen-bond donors (Lipinski definition) is 2. The molecule has 0 aliphatic heterocycles. The lowest BCUT2D eigenvalue weighted by atomic mass is 10.1. The van der Waals surface area contributed by atoms with Crippen LogP contribution in [0.15, 0.2) is 48.7 Å². The van der Waals surface area contributed by atoms with E-state index in [9.17, 15) is 13.6 Å². The first-order valence-electron chi connectivity index (χ1n) is 7.52. The van der Waals surface area contributed by atoms with E-state index in [0.717, 1.165) is 23.0 Å². The fraction of sp³-hybridized carbons (Fsp3) is 0.105. The maximum atomic E-state index is 13.3. The van der Waals surface area contributed by atoms with Crippen molar-refractivity contribution >= 4 is 16.8 Å². The number of aromatic amines is 1. The van der Waals surface area contributed by atoms with Crippen molar-refractivity contribution in [1.29, 1.82) is 0 Å². The third kappa shape index (κ3) is 4.15. The zero-order chi connectivity index (χ0) is 17.6. The van der Waals surface area contributed by atoms with Gasteiger partial charge in [-0.05, 0) is 35.7 Å². The van der Waals surface area contributed by atoms with Crippen molar-refractivity contribution in [3.63, 3.8) is 0 Å². The second-order valence-corrected chi connectivity index (χ2v) is 5.18. The van der Waals surface area contributed by atoms with Crippen molar-refractivity contribution in [2.75, 3.05) is 13.2 Å². The van der Waals surface area contributed by atoms with Gasteiger partial charge in [0.25, 0.3) is 5.91 Å². The minimum Gasteiger partial charge on any atom is -0.478 e. The van der Waals surface area contributed by atoms with Gasteiger partial charge in [0.2, 0.25) is 0 Å². The Bertz CT molecular complexity index is 970. The Labute approximate surface area is 142 Å². The first kappa shape index (κ1) is 16.5. The van der Waals surface area contributed by atoms with Crippen LogP contribution in [0, 0.1) is 23.5 Å². The molecule has 4 nitrogen and oxygen atoms in total. The molecule has 0 unspecified atom stereocenters. The van der Waals surface area contributed by atoms with Crippen LogP contribution >= 0.6 is 0 Å². The third-order valence-corrected chi connectivity index (χ3v) is 3.47. The van der Waals surface area contributed by atoms with E-state index in [-0.39, 0.29) is 24.8 Å². The average Bonchev–Trinajstić information content (AvgIpc) is 3.07. The molecule has 0 radical (unpaired) electrons. The van der Waals surface area contributed by atoms with Crippen molar-refractivity contribution in [3.8, 4) is 17.6 Å². The zero-order valence-electron chi connectivity index (χ0n) is 13.1. The summed E-state index contributed by atoms with van der Waals surface area (Å²) < 4.78 is 31.2. The highest BCUT2D eigenvalue weighted by atomic mass is 19.1. The molecule has 3 aromatic rings. The number of amides is 1. The second-order valence-electron chi connectivity index (χ2n) is 5.18. The maximum absolute atomic E-state index is 13.3. The summed E-state index contributed by atoms with van der Waals surface area (Å²) in [5, 5.41) is 3.70. The summed E-state index contributed by atoms with van der Waals surface area (Å²) in [4.78, 5) is 15.1. The van der Waals surface area contributed by atoms with Gasteiger partial charge in [-0.2, -0.15) is 0 Å². The number of ether oxygens (including phenoxy) is 1. The molecule has 126 valence electrons. The van der Waals surface area contributed by atoms with E-state index in [4.69, 9.17) is 4.74 Å². The van der Waals surface area contributed by atoms with Crippen LogP contribution in [-0.4, -0.2) is 24.0 Å². The van der Waals surface area contributed by atoms with Crippen LogP contribution in [0.3, 0.4) is 0 Å². The fourth-order valence-electron chi connectivity index (χ4n) is 2.24. The third-order valence-electron chi connectivity index (χ3n) is 3.47. The van der Waals surface area contributed by atoms with Crippen LogP contribution < -0.4 is 10.1 Å². The van der Waals surface area contributed by atoms with Crippen LogP contribution in [0.5, 0.6) is 5.75 Å². The Morgan fingerprint density at radius 2 is 2.00 bits per heavy atom. The number of hydrogen-bond acceptors (Lipinski definition) is 2. The molecule has 1 amide bonds. The molecule has 25 heavy (non-hydrogen) atoms. The van der Waals surface area contributed by atoms with E-state index in [0.29, 0.717) is 5.56 Å². The minimum absolute atomic E-state index is 0.0626. The molecule has 0 saturated carbocycles. The highest BCUT2D eigenvalue weighted by molar-refractivity contribution is 5.97. The number of benzene rings is 2. The molecular formula is C19H14F2N2O2. The number of fused-ring (bicyclic) bond motifs is 1. The molecule has 2 N–H and O–H groups in total. The molecule has 2 aromatic carbocycles. The number of aromatic nitrogens is 1. The van der Waals surface area contributed by atoms with Crippen LogP contribution in [0.4, 0.5) is 8.78 Å². The van der Waals surface area contributed by atoms with Crippen molar-refractivity contribution in [2.45, 2.75) is 0 Å². The largest absolute Gasteiger partial charge is 0.478 e. The monoisotopic (exact) mass is 340 g/mol. The number of nitrogens with one attached hydrogen (secondary N) is 2. The van der Waals surface area contributed by atoms with E-state index in [1.54, 1.807) is 12.1 Å². The highest BCUT2D eigenvalue weighted by Crippen LogP contribution is 2.17. The second kappa shape index (κ2) is 7.49. The molecule has 0 saturated heterocycles. The van der Waals surface area contributed by atoms with Gasteiger partial charge in [0.1, 0.15) is 12.4 Å². The maximum Gasteiger partial charge on any atom is 0.252 e. The van der Waals surface area contributed by atoms with E-state index >= 15 is 0 Å². The van der Waals surface area contributed by atoms with Crippen molar-refractivity contribution in [3.05, 3.63) is 65.9 Å². The number of rotatable bonds is 4. The van der Waals surface area contributed by atoms with Gasteiger partial charge >= 0.3 is 0 Å². The smallest absolute Gasteiger partial charge is 0.252 e. The van der Waals surface area contributed by atoms with Gasteiger partial charge in [-0.1, -0.05) is 17.9 Å². The highest BCUT2D eigenvalue weighted by Gasteiger charge is 2.05. The Kier molecular flexibility index (Phi) is 4.95. The molecule has 0 bridgehead atoms. The lowest BCUT2D eigenvalue weighted by Crippen LogP contribution is -2.23. The summed E-state index contributed by atoms with van der Waals surface area (Å²) in [5.74, 6) is 3.60. The average molecular weight is 340 g/mol. The first-order valence-corrected chi connectivity index (χ1v) is 7.52. The molecule has 3 rings (SSSR count). The molecule has 1 aromatic heterocycles.